The Morgan fingerprint density at radius 1 is 1.11 bits per heavy atom. The van der Waals surface area contributed by atoms with Crippen LogP contribution in [-0.4, -0.2) is 61.7 Å². The highest BCUT2D eigenvalue weighted by Crippen LogP contribution is 2.17. The van der Waals surface area contributed by atoms with Gasteiger partial charge in [0.1, 0.15) is 0 Å². The van der Waals surface area contributed by atoms with Gasteiger partial charge in [-0.1, -0.05) is 30.3 Å². The topological polar surface area (TPSA) is 69.7 Å². The Hall–Kier alpha value is -1.87. The van der Waals surface area contributed by atoms with Crippen molar-refractivity contribution >= 4 is 33.4 Å². The lowest BCUT2D eigenvalue weighted by Crippen LogP contribution is -2.35. The number of likely N-dealkylation sites (N-methyl/N-ethyl adjacent to an activating group) is 1. The van der Waals surface area contributed by atoms with Crippen molar-refractivity contribution in [1.82, 2.24) is 9.21 Å². The average molecular weight is 420 g/mol. The molecule has 1 N–H and O–H groups in total. The maximum Gasteiger partial charge on any atom is 0.243 e. The second kappa shape index (κ2) is 9.56. The predicted octanol–water partition coefficient (Wildman–Crippen LogP) is 2.49. The number of anilines is 1. The van der Waals surface area contributed by atoms with Gasteiger partial charge < -0.3 is 5.32 Å². The summed E-state index contributed by atoms with van der Waals surface area (Å²) in [6.45, 7) is 2.75. The van der Waals surface area contributed by atoms with Gasteiger partial charge in [-0.15, -0.1) is 0 Å². The molecule has 1 aliphatic heterocycles. The fourth-order valence-corrected chi connectivity index (χ4v) is 5.15. The van der Waals surface area contributed by atoms with Crippen LogP contribution in [0.3, 0.4) is 0 Å². The monoisotopic (exact) mass is 419 g/mol. The molecule has 0 aromatic heterocycles. The lowest BCUT2D eigenvalue weighted by molar-refractivity contribution is -0.116. The summed E-state index contributed by atoms with van der Waals surface area (Å²) in [5, 5.41) is 2.81. The lowest BCUT2D eigenvalue weighted by Gasteiger charge is -2.26. The van der Waals surface area contributed by atoms with Crippen molar-refractivity contribution < 1.29 is 13.2 Å². The molecule has 8 heteroatoms. The van der Waals surface area contributed by atoms with Crippen molar-refractivity contribution in [1.29, 1.82) is 0 Å². The van der Waals surface area contributed by atoms with Crippen LogP contribution in [0.2, 0.25) is 0 Å². The summed E-state index contributed by atoms with van der Waals surface area (Å²) in [7, 11) is -2.28. The zero-order valence-electron chi connectivity index (χ0n) is 15.9. The Morgan fingerprint density at radius 2 is 1.82 bits per heavy atom. The molecule has 3 rings (SSSR count). The molecule has 150 valence electrons. The summed E-state index contributed by atoms with van der Waals surface area (Å²) >= 11 is 1.97. The SMILES string of the molecule is CN(CC(=O)Nc1cccc(CN2CCSCC2)c1)S(=O)(=O)c1ccccc1. The molecule has 0 aliphatic carbocycles. The minimum absolute atomic E-state index is 0.173. The summed E-state index contributed by atoms with van der Waals surface area (Å²) in [5.41, 5.74) is 1.81. The van der Waals surface area contributed by atoms with E-state index >= 15 is 0 Å². The molecule has 6 nitrogen and oxygen atoms in total. The zero-order chi connectivity index (χ0) is 20.0. The van der Waals surface area contributed by atoms with Crippen molar-refractivity contribution in [3.8, 4) is 0 Å². The lowest BCUT2D eigenvalue weighted by atomic mass is 10.2. The van der Waals surface area contributed by atoms with E-state index in [4.69, 9.17) is 0 Å². The van der Waals surface area contributed by atoms with Crippen molar-refractivity contribution in [2.75, 3.05) is 43.5 Å². The molecule has 1 amide bonds. The molecule has 0 saturated carbocycles. The van der Waals surface area contributed by atoms with Crippen LogP contribution in [-0.2, 0) is 21.4 Å². The molecule has 0 radical (unpaired) electrons. The smallest absolute Gasteiger partial charge is 0.243 e. The summed E-state index contributed by atoms with van der Waals surface area (Å²) in [6.07, 6.45) is 0. The van der Waals surface area contributed by atoms with E-state index in [0.29, 0.717) is 5.69 Å². The number of carbonyl (C=O) groups is 1. The van der Waals surface area contributed by atoms with Crippen LogP contribution in [0.4, 0.5) is 5.69 Å². The Balaban J connectivity index is 1.59. The molecule has 1 fully saturated rings. The molecule has 1 heterocycles. The third-order valence-corrected chi connectivity index (χ3v) is 7.30. The normalized spacial score (nSPS) is 15.5. The van der Waals surface area contributed by atoms with Crippen molar-refractivity contribution in [3.05, 3.63) is 60.2 Å². The van der Waals surface area contributed by atoms with Crippen LogP contribution < -0.4 is 5.32 Å². The first kappa shape index (κ1) is 20.9. The number of thioether (sulfide) groups is 1. The summed E-state index contributed by atoms with van der Waals surface area (Å²) in [4.78, 5) is 14.9. The molecule has 28 heavy (non-hydrogen) atoms. The highest BCUT2D eigenvalue weighted by atomic mass is 32.2. The second-order valence-electron chi connectivity index (χ2n) is 6.71. The Morgan fingerprint density at radius 3 is 2.54 bits per heavy atom. The number of hydrogen-bond donors (Lipinski definition) is 1. The third-order valence-electron chi connectivity index (χ3n) is 4.54. The molecule has 0 bridgehead atoms. The highest BCUT2D eigenvalue weighted by molar-refractivity contribution is 7.99. The molecule has 2 aromatic carbocycles. The second-order valence-corrected chi connectivity index (χ2v) is 9.98. The van der Waals surface area contributed by atoms with Gasteiger partial charge in [-0.3, -0.25) is 9.69 Å². The van der Waals surface area contributed by atoms with Gasteiger partial charge in [-0.2, -0.15) is 16.1 Å². The van der Waals surface area contributed by atoms with Gasteiger partial charge in [-0.25, -0.2) is 8.42 Å². The average Bonchev–Trinajstić information content (AvgIpc) is 2.69. The van der Waals surface area contributed by atoms with E-state index in [1.807, 2.05) is 36.0 Å². The van der Waals surface area contributed by atoms with E-state index < -0.39 is 10.0 Å². The Kier molecular flexibility index (Phi) is 7.12. The largest absolute Gasteiger partial charge is 0.325 e. The minimum atomic E-state index is -3.69. The number of nitrogens with zero attached hydrogens (tertiary/aromatic N) is 2. The van der Waals surface area contributed by atoms with Gasteiger partial charge in [0.25, 0.3) is 0 Å². The number of carbonyl (C=O) groups excluding carboxylic acids is 1. The fraction of sp³-hybridized carbons (Fsp3) is 0.350. The van der Waals surface area contributed by atoms with Crippen molar-refractivity contribution in [2.45, 2.75) is 11.4 Å². The van der Waals surface area contributed by atoms with Crippen LogP contribution in [0.5, 0.6) is 0 Å². The van der Waals surface area contributed by atoms with Crippen molar-refractivity contribution in [3.63, 3.8) is 0 Å². The third kappa shape index (κ3) is 5.57. The molecular weight excluding hydrogens is 394 g/mol. The van der Waals surface area contributed by atoms with Gasteiger partial charge in [0.2, 0.25) is 15.9 Å². The maximum absolute atomic E-state index is 12.5. The summed E-state index contributed by atoms with van der Waals surface area (Å²) in [6, 6.07) is 15.8. The highest BCUT2D eigenvalue weighted by Gasteiger charge is 2.22. The first-order valence-corrected chi connectivity index (χ1v) is 11.7. The van der Waals surface area contributed by atoms with Crippen LogP contribution in [0, 0.1) is 0 Å². The van der Waals surface area contributed by atoms with E-state index in [2.05, 4.69) is 10.2 Å². The molecule has 0 spiro atoms. The fourth-order valence-electron chi connectivity index (χ4n) is 3.03. The van der Waals surface area contributed by atoms with Gasteiger partial charge in [-0.05, 0) is 29.8 Å². The van der Waals surface area contributed by atoms with Crippen LogP contribution in [0.1, 0.15) is 5.56 Å². The van der Waals surface area contributed by atoms with Crippen molar-refractivity contribution in [2.24, 2.45) is 0 Å². The van der Waals surface area contributed by atoms with Crippen LogP contribution in [0.25, 0.3) is 0 Å². The maximum atomic E-state index is 12.5. The standard InChI is InChI=1S/C20H25N3O3S2/c1-22(28(25,26)19-8-3-2-4-9-19)16-20(24)21-18-7-5-6-17(14-18)15-23-10-12-27-13-11-23/h2-9,14H,10-13,15-16H2,1H3,(H,21,24). The number of hydrogen-bond acceptors (Lipinski definition) is 5. The van der Waals surface area contributed by atoms with E-state index in [9.17, 15) is 13.2 Å². The van der Waals surface area contributed by atoms with Crippen LogP contribution in [0.15, 0.2) is 59.5 Å². The van der Waals surface area contributed by atoms with E-state index in [0.717, 1.165) is 41.0 Å². The quantitative estimate of drug-likeness (QED) is 0.747. The molecular formula is C20H25N3O3S2. The number of amides is 1. The van der Waals surface area contributed by atoms with Crippen LogP contribution >= 0.6 is 11.8 Å². The zero-order valence-corrected chi connectivity index (χ0v) is 17.5. The molecule has 1 saturated heterocycles. The summed E-state index contributed by atoms with van der Waals surface area (Å²) < 4.78 is 26.1. The molecule has 1 aliphatic rings. The van der Waals surface area contributed by atoms with Gasteiger partial charge in [0.05, 0.1) is 11.4 Å². The molecule has 0 unspecified atom stereocenters. The van der Waals surface area contributed by atoms with E-state index in [1.165, 1.54) is 19.2 Å². The number of nitrogens with one attached hydrogen (secondary N) is 1. The number of rotatable bonds is 7. The van der Waals surface area contributed by atoms with E-state index in [1.54, 1.807) is 18.2 Å². The molecule has 2 aromatic rings. The van der Waals surface area contributed by atoms with E-state index in [-0.39, 0.29) is 17.3 Å². The summed E-state index contributed by atoms with van der Waals surface area (Å²) in [5.74, 6) is 1.94. The Bertz CT molecular complexity index is 898. The predicted molar refractivity (Wildman–Crippen MR) is 114 cm³/mol. The first-order valence-electron chi connectivity index (χ1n) is 9.15. The van der Waals surface area contributed by atoms with Gasteiger partial charge >= 0.3 is 0 Å². The van der Waals surface area contributed by atoms with Gasteiger partial charge in [0.15, 0.2) is 0 Å². The number of sulfonamides is 1. The molecule has 0 atom stereocenters. The first-order chi connectivity index (χ1) is 13.4. The van der Waals surface area contributed by atoms with Gasteiger partial charge in [0, 0.05) is 43.9 Å². The minimum Gasteiger partial charge on any atom is -0.325 e. The Labute approximate surface area is 171 Å². The number of benzene rings is 2.